The first-order chi connectivity index (χ1) is 9.71. The van der Waals surface area contributed by atoms with Gasteiger partial charge in [-0.05, 0) is 25.3 Å². The predicted octanol–water partition coefficient (Wildman–Crippen LogP) is 0.620. The molecule has 1 aliphatic carbocycles. The topological polar surface area (TPSA) is 104 Å². The fraction of sp³-hybridized carbons (Fsp3) is 0.500. The molecule has 0 atom stereocenters. The molecule has 0 aromatic carbocycles. The Bertz CT molecular complexity index is 574. The molecule has 0 saturated heterocycles. The first-order valence-electron chi connectivity index (χ1n) is 6.51. The summed E-state index contributed by atoms with van der Waals surface area (Å²) < 4.78 is 7.09. The number of nitrogen functional groups attached to an aromatic ring is 1. The maximum Gasteiger partial charge on any atom is 0.257 e. The normalized spacial score (nSPS) is 16.6. The van der Waals surface area contributed by atoms with Crippen molar-refractivity contribution in [2.24, 2.45) is 0 Å². The zero-order valence-electron chi connectivity index (χ0n) is 11.3. The predicted molar refractivity (Wildman–Crippen MR) is 73.4 cm³/mol. The van der Waals surface area contributed by atoms with Crippen molar-refractivity contribution in [3.63, 3.8) is 0 Å². The number of rotatable bonds is 5. The highest BCUT2D eigenvalue weighted by molar-refractivity contribution is 5.35. The van der Waals surface area contributed by atoms with Crippen LogP contribution < -0.4 is 11.1 Å². The third-order valence-corrected chi connectivity index (χ3v) is 3.62. The molecule has 0 bridgehead atoms. The number of nitrogens with two attached hydrogens (primary N) is 1. The van der Waals surface area contributed by atoms with Crippen LogP contribution in [0.3, 0.4) is 0 Å². The summed E-state index contributed by atoms with van der Waals surface area (Å²) in [6.07, 6.45) is 6.68. The quantitative estimate of drug-likeness (QED) is 0.824. The summed E-state index contributed by atoms with van der Waals surface area (Å²) in [7, 11) is 1.73. The van der Waals surface area contributed by atoms with Crippen molar-refractivity contribution in [2.75, 3.05) is 24.7 Å². The minimum atomic E-state index is -0.104. The van der Waals surface area contributed by atoms with Crippen LogP contribution in [0.2, 0.25) is 0 Å². The Labute approximate surface area is 116 Å². The summed E-state index contributed by atoms with van der Waals surface area (Å²) in [5, 5.41) is 7.25. The Hall–Kier alpha value is -2.22. The highest BCUT2D eigenvalue weighted by atomic mass is 16.5. The van der Waals surface area contributed by atoms with E-state index in [0.29, 0.717) is 18.4 Å². The average Bonchev–Trinajstić information content (AvgIpc) is 2.91. The summed E-state index contributed by atoms with van der Waals surface area (Å²) >= 11 is 0. The Kier molecular flexibility index (Phi) is 3.23. The van der Waals surface area contributed by atoms with Gasteiger partial charge in [-0.1, -0.05) is 0 Å². The van der Waals surface area contributed by atoms with Crippen molar-refractivity contribution in [3.8, 4) is 5.95 Å². The van der Waals surface area contributed by atoms with Crippen molar-refractivity contribution in [3.05, 3.63) is 18.5 Å². The van der Waals surface area contributed by atoms with Crippen molar-refractivity contribution in [2.45, 2.75) is 24.9 Å². The van der Waals surface area contributed by atoms with Gasteiger partial charge in [0.25, 0.3) is 5.95 Å². The summed E-state index contributed by atoms with van der Waals surface area (Å²) in [5.41, 5.74) is 5.61. The third-order valence-electron chi connectivity index (χ3n) is 3.62. The Morgan fingerprint density at radius 1 is 1.40 bits per heavy atom. The van der Waals surface area contributed by atoms with E-state index in [4.69, 9.17) is 10.5 Å². The van der Waals surface area contributed by atoms with E-state index in [1.54, 1.807) is 30.3 Å². The molecule has 2 aromatic rings. The summed E-state index contributed by atoms with van der Waals surface area (Å²) in [6, 6.07) is 1.79. The molecule has 3 N–H and O–H groups in total. The Balaban J connectivity index is 1.76. The van der Waals surface area contributed by atoms with Crippen LogP contribution >= 0.6 is 0 Å². The minimum Gasteiger partial charge on any atom is -0.376 e. The number of anilines is 2. The molecule has 0 unspecified atom stereocenters. The van der Waals surface area contributed by atoms with Crippen molar-refractivity contribution >= 4 is 11.9 Å². The van der Waals surface area contributed by atoms with Crippen LogP contribution in [0.5, 0.6) is 0 Å². The molecule has 8 nitrogen and oxygen atoms in total. The number of aromatic nitrogens is 5. The van der Waals surface area contributed by atoms with Crippen LogP contribution in [0.4, 0.5) is 11.9 Å². The van der Waals surface area contributed by atoms with Gasteiger partial charge in [0.15, 0.2) is 0 Å². The molecule has 0 aliphatic heterocycles. The second-order valence-corrected chi connectivity index (χ2v) is 4.86. The minimum absolute atomic E-state index is 0.104. The lowest BCUT2D eigenvalue weighted by molar-refractivity contribution is -0.0602. The molecule has 2 aromatic heterocycles. The highest BCUT2D eigenvalue weighted by Crippen LogP contribution is 2.34. The molecule has 0 spiro atoms. The summed E-state index contributed by atoms with van der Waals surface area (Å²) in [6.45, 7) is 0.658. The van der Waals surface area contributed by atoms with Crippen molar-refractivity contribution in [1.29, 1.82) is 0 Å². The van der Waals surface area contributed by atoms with Crippen LogP contribution in [0.15, 0.2) is 18.5 Å². The SMILES string of the molecule is COC1(CNc2nc(N)nc(-n3cccn3)n2)CCC1. The average molecular weight is 275 g/mol. The Morgan fingerprint density at radius 3 is 2.85 bits per heavy atom. The molecule has 1 saturated carbocycles. The number of nitrogens with one attached hydrogen (secondary N) is 1. The van der Waals surface area contributed by atoms with E-state index in [1.165, 1.54) is 6.42 Å². The molecular formula is C12H17N7O. The van der Waals surface area contributed by atoms with Crippen LogP contribution in [-0.2, 0) is 4.74 Å². The molecule has 1 fully saturated rings. The van der Waals surface area contributed by atoms with E-state index in [0.717, 1.165) is 12.8 Å². The zero-order chi connectivity index (χ0) is 14.0. The van der Waals surface area contributed by atoms with Gasteiger partial charge >= 0.3 is 0 Å². The lowest BCUT2D eigenvalue weighted by atomic mass is 9.80. The maximum absolute atomic E-state index is 5.71. The first-order valence-corrected chi connectivity index (χ1v) is 6.51. The molecular weight excluding hydrogens is 258 g/mol. The van der Waals surface area contributed by atoms with Gasteiger partial charge in [-0.2, -0.15) is 20.1 Å². The summed E-state index contributed by atoms with van der Waals surface area (Å²) in [5.74, 6) is 0.990. The van der Waals surface area contributed by atoms with E-state index in [2.05, 4.69) is 25.4 Å². The number of nitrogens with zero attached hydrogens (tertiary/aromatic N) is 5. The van der Waals surface area contributed by atoms with Gasteiger partial charge in [0, 0.05) is 26.0 Å². The van der Waals surface area contributed by atoms with Crippen LogP contribution in [0.25, 0.3) is 5.95 Å². The Morgan fingerprint density at radius 2 is 2.25 bits per heavy atom. The molecule has 3 rings (SSSR count). The van der Waals surface area contributed by atoms with Gasteiger partial charge in [-0.3, -0.25) is 0 Å². The van der Waals surface area contributed by atoms with Gasteiger partial charge < -0.3 is 15.8 Å². The molecule has 1 aliphatic rings. The fourth-order valence-electron chi connectivity index (χ4n) is 2.21. The largest absolute Gasteiger partial charge is 0.376 e. The lowest BCUT2D eigenvalue weighted by Crippen LogP contribution is -2.45. The molecule has 20 heavy (non-hydrogen) atoms. The van der Waals surface area contributed by atoms with Crippen LogP contribution in [0, 0.1) is 0 Å². The number of methoxy groups -OCH3 is 1. The van der Waals surface area contributed by atoms with Gasteiger partial charge in [-0.25, -0.2) is 4.68 Å². The highest BCUT2D eigenvalue weighted by Gasteiger charge is 2.36. The molecule has 0 amide bonds. The molecule has 106 valence electrons. The van der Waals surface area contributed by atoms with E-state index < -0.39 is 0 Å². The van der Waals surface area contributed by atoms with Gasteiger partial charge in [-0.15, -0.1) is 0 Å². The van der Waals surface area contributed by atoms with E-state index in [-0.39, 0.29) is 11.5 Å². The monoisotopic (exact) mass is 275 g/mol. The smallest absolute Gasteiger partial charge is 0.257 e. The van der Waals surface area contributed by atoms with E-state index in [9.17, 15) is 0 Å². The third kappa shape index (κ3) is 2.42. The van der Waals surface area contributed by atoms with Gasteiger partial charge in [0.1, 0.15) is 0 Å². The summed E-state index contributed by atoms with van der Waals surface area (Å²) in [4.78, 5) is 12.5. The molecule has 0 radical (unpaired) electrons. The van der Waals surface area contributed by atoms with Gasteiger partial charge in [0.2, 0.25) is 11.9 Å². The number of hydrogen-bond acceptors (Lipinski definition) is 7. The zero-order valence-corrected chi connectivity index (χ0v) is 11.3. The number of hydrogen-bond donors (Lipinski definition) is 2. The fourth-order valence-corrected chi connectivity index (χ4v) is 2.21. The number of ether oxygens (including phenoxy) is 1. The maximum atomic E-state index is 5.71. The van der Waals surface area contributed by atoms with Gasteiger partial charge in [0.05, 0.1) is 5.60 Å². The standard InChI is InChI=1S/C12H17N7O/c1-20-12(4-2-5-12)8-14-10-16-9(13)17-11(18-10)19-7-3-6-15-19/h3,6-7H,2,4-5,8H2,1H3,(H3,13,14,16,17,18). The lowest BCUT2D eigenvalue weighted by Gasteiger charge is -2.40. The van der Waals surface area contributed by atoms with E-state index in [1.807, 2.05) is 0 Å². The van der Waals surface area contributed by atoms with Crippen molar-refractivity contribution in [1.82, 2.24) is 24.7 Å². The second-order valence-electron chi connectivity index (χ2n) is 4.86. The van der Waals surface area contributed by atoms with E-state index >= 15 is 0 Å². The first kappa shape index (κ1) is 12.8. The van der Waals surface area contributed by atoms with Crippen molar-refractivity contribution < 1.29 is 4.74 Å². The van der Waals surface area contributed by atoms with Crippen LogP contribution in [-0.4, -0.2) is 44.0 Å². The molecule has 2 heterocycles. The molecule has 8 heteroatoms. The second kappa shape index (κ2) is 5.04. The van der Waals surface area contributed by atoms with Crippen LogP contribution in [0.1, 0.15) is 19.3 Å².